The molecule has 0 radical (unpaired) electrons. The first-order chi connectivity index (χ1) is 10.0. The summed E-state index contributed by atoms with van der Waals surface area (Å²) in [6.45, 7) is 1.92. The van der Waals surface area contributed by atoms with E-state index in [2.05, 4.69) is 10.3 Å². The van der Waals surface area contributed by atoms with E-state index < -0.39 is 0 Å². The number of nitrogens with two attached hydrogens (primary N) is 1. The predicted octanol–water partition coefficient (Wildman–Crippen LogP) is 3.75. The molecule has 0 saturated heterocycles. The second-order valence-corrected chi connectivity index (χ2v) is 6.09. The molecule has 1 amide bonds. The van der Waals surface area contributed by atoms with Crippen molar-refractivity contribution in [3.63, 3.8) is 0 Å². The second kappa shape index (κ2) is 7.33. The Hall–Kier alpha value is -1.72. The summed E-state index contributed by atoms with van der Waals surface area (Å²) in [5.41, 5.74) is 8.12. The van der Waals surface area contributed by atoms with Crippen LogP contribution in [0.5, 0.6) is 0 Å². The fourth-order valence-electron chi connectivity index (χ4n) is 1.74. The Morgan fingerprint density at radius 2 is 2.19 bits per heavy atom. The van der Waals surface area contributed by atoms with Crippen LogP contribution in [0.3, 0.4) is 0 Å². The quantitative estimate of drug-likeness (QED) is 0.650. The van der Waals surface area contributed by atoms with Gasteiger partial charge in [0.1, 0.15) is 0 Å². The Labute approximate surface area is 133 Å². The third-order valence-electron chi connectivity index (χ3n) is 2.80. The summed E-state index contributed by atoms with van der Waals surface area (Å²) in [5, 5.41) is 4.35. The number of rotatable bonds is 5. The summed E-state index contributed by atoms with van der Waals surface area (Å²) in [5.74, 6) is 0.637. The van der Waals surface area contributed by atoms with Crippen molar-refractivity contribution in [3.05, 3.63) is 47.1 Å². The van der Waals surface area contributed by atoms with Crippen molar-refractivity contribution in [2.24, 2.45) is 0 Å². The van der Waals surface area contributed by atoms with Crippen molar-refractivity contribution >= 4 is 40.6 Å². The fraction of sp³-hybridized carbons (Fsp3) is 0.200. The number of aromatic nitrogens is 1. The number of benzene rings is 1. The lowest BCUT2D eigenvalue weighted by molar-refractivity contribution is -0.115. The lowest BCUT2D eigenvalue weighted by atomic mass is 10.2. The molecule has 3 N–H and O–H groups in total. The molecule has 6 heteroatoms. The minimum atomic E-state index is -0.0238. The average Bonchev–Trinajstić information content (AvgIpc) is 2.44. The topological polar surface area (TPSA) is 68.0 Å². The molecule has 0 unspecified atom stereocenters. The van der Waals surface area contributed by atoms with Gasteiger partial charge in [0.15, 0.2) is 0 Å². The molecule has 0 atom stereocenters. The highest BCUT2D eigenvalue weighted by molar-refractivity contribution is 7.99. The van der Waals surface area contributed by atoms with Gasteiger partial charge in [0.25, 0.3) is 0 Å². The Morgan fingerprint density at radius 3 is 2.86 bits per heavy atom. The van der Waals surface area contributed by atoms with Crippen LogP contribution < -0.4 is 11.1 Å². The SMILES string of the molecule is Cc1cc(N)ccc1NC(=O)CCSc1ccc(Cl)cn1. The number of nitrogens with zero attached hydrogens (tertiary/aromatic N) is 1. The zero-order valence-electron chi connectivity index (χ0n) is 11.6. The summed E-state index contributed by atoms with van der Waals surface area (Å²) >= 11 is 7.29. The van der Waals surface area contributed by atoms with Crippen LogP contribution in [0.2, 0.25) is 5.02 Å². The number of nitrogens with one attached hydrogen (secondary N) is 1. The van der Waals surface area contributed by atoms with Crippen LogP contribution in [0.25, 0.3) is 0 Å². The van der Waals surface area contributed by atoms with Crippen LogP contribution in [0.15, 0.2) is 41.6 Å². The number of amides is 1. The van der Waals surface area contributed by atoms with Crippen molar-refractivity contribution in [2.45, 2.75) is 18.4 Å². The van der Waals surface area contributed by atoms with Gasteiger partial charge in [0.2, 0.25) is 5.91 Å². The standard InChI is InChI=1S/C15H16ClN3OS/c1-10-8-12(17)3-4-13(10)19-14(20)6-7-21-15-5-2-11(16)9-18-15/h2-5,8-9H,6-7,17H2,1H3,(H,19,20). The molecular formula is C15H16ClN3OS. The predicted molar refractivity (Wildman–Crippen MR) is 88.8 cm³/mol. The van der Waals surface area contributed by atoms with Gasteiger partial charge in [0.05, 0.1) is 10.0 Å². The third-order valence-corrected chi connectivity index (χ3v) is 3.97. The molecule has 0 aliphatic carbocycles. The van der Waals surface area contributed by atoms with Gasteiger partial charge in [-0.1, -0.05) is 11.6 Å². The molecule has 0 aliphatic rings. The zero-order valence-corrected chi connectivity index (χ0v) is 13.2. The number of pyridine rings is 1. The molecule has 0 saturated carbocycles. The van der Waals surface area contributed by atoms with Crippen LogP contribution >= 0.6 is 23.4 Å². The minimum absolute atomic E-state index is 0.0238. The number of hydrogen-bond acceptors (Lipinski definition) is 4. The van der Waals surface area contributed by atoms with E-state index in [0.29, 0.717) is 22.9 Å². The van der Waals surface area contributed by atoms with Crippen molar-refractivity contribution in [3.8, 4) is 0 Å². The lowest BCUT2D eigenvalue weighted by Gasteiger charge is -2.08. The largest absolute Gasteiger partial charge is 0.399 e. The normalized spacial score (nSPS) is 10.4. The number of halogens is 1. The van der Waals surface area contributed by atoms with E-state index >= 15 is 0 Å². The van der Waals surface area contributed by atoms with Crippen LogP contribution in [-0.2, 0) is 4.79 Å². The van der Waals surface area contributed by atoms with Gasteiger partial charge < -0.3 is 11.1 Å². The molecule has 0 bridgehead atoms. The number of anilines is 2. The fourth-order valence-corrected chi connectivity index (χ4v) is 2.64. The molecule has 0 spiro atoms. The summed E-state index contributed by atoms with van der Waals surface area (Å²) in [7, 11) is 0. The maximum absolute atomic E-state index is 11.9. The zero-order chi connectivity index (χ0) is 15.2. The summed E-state index contributed by atoms with van der Waals surface area (Å²) in [4.78, 5) is 16.1. The molecule has 1 aromatic carbocycles. The number of carbonyl (C=O) groups excluding carboxylic acids is 1. The first-order valence-electron chi connectivity index (χ1n) is 6.45. The van der Waals surface area contributed by atoms with Gasteiger partial charge in [-0.15, -0.1) is 11.8 Å². The van der Waals surface area contributed by atoms with E-state index in [0.717, 1.165) is 16.3 Å². The van der Waals surface area contributed by atoms with E-state index in [9.17, 15) is 4.79 Å². The van der Waals surface area contributed by atoms with Gasteiger partial charge in [-0.3, -0.25) is 4.79 Å². The third kappa shape index (κ3) is 4.95. The summed E-state index contributed by atoms with van der Waals surface area (Å²) in [6.07, 6.45) is 2.01. The molecule has 21 heavy (non-hydrogen) atoms. The Balaban J connectivity index is 1.81. The molecular weight excluding hydrogens is 306 g/mol. The first kappa shape index (κ1) is 15.7. The van der Waals surface area contributed by atoms with Crippen LogP contribution in [0.1, 0.15) is 12.0 Å². The number of carbonyl (C=O) groups is 1. The smallest absolute Gasteiger partial charge is 0.225 e. The lowest BCUT2D eigenvalue weighted by Crippen LogP contribution is -2.13. The Morgan fingerprint density at radius 1 is 1.38 bits per heavy atom. The summed E-state index contributed by atoms with van der Waals surface area (Å²) < 4.78 is 0. The highest BCUT2D eigenvalue weighted by Gasteiger charge is 2.06. The van der Waals surface area contributed by atoms with Crippen molar-refractivity contribution in [1.29, 1.82) is 0 Å². The highest BCUT2D eigenvalue weighted by Crippen LogP contribution is 2.20. The van der Waals surface area contributed by atoms with E-state index in [-0.39, 0.29) is 5.91 Å². The van der Waals surface area contributed by atoms with Gasteiger partial charge in [-0.25, -0.2) is 4.98 Å². The van der Waals surface area contributed by atoms with Crippen molar-refractivity contribution in [1.82, 2.24) is 4.98 Å². The highest BCUT2D eigenvalue weighted by atomic mass is 35.5. The molecule has 2 rings (SSSR count). The van der Waals surface area contributed by atoms with E-state index in [1.807, 2.05) is 25.1 Å². The maximum atomic E-state index is 11.9. The monoisotopic (exact) mass is 321 g/mol. The number of thioether (sulfide) groups is 1. The number of aryl methyl sites for hydroxylation is 1. The Kier molecular flexibility index (Phi) is 5.47. The van der Waals surface area contributed by atoms with Gasteiger partial charge in [-0.05, 0) is 42.8 Å². The van der Waals surface area contributed by atoms with Crippen molar-refractivity contribution < 1.29 is 4.79 Å². The minimum Gasteiger partial charge on any atom is -0.399 e. The Bertz CT molecular complexity index is 631. The molecule has 2 aromatic rings. The second-order valence-electron chi connectivity index (χ2n) is 4.54. The first-order valence-corrected chi connectivity index (χ1v) is 7.81. The number of nitrogen functional groups attached to an aromatic ring is 1. The van der Waals surface area contributed by atoms with Gasteiger partial charge in [0, 0.05) is 29.7 Å². The van der Waals surface area contributed by atoms with Gasteiger partial charge >= 0.3 is 0 Å². The average molecular weight is 322 g/mol. The molecule has 4 nitrogen and oxygen atoms in total. The maximum Gasteiger partial charge on any atom is 0.225 e. The van der Waals surface area contributed by atoms with Crippen LogP contribution in [0.4, 0.5) is 11.4 Å². The van der Waals surface area contributed by atoms with Crippen molar-refractivity contribution in [2.75, 3.05) is 16.8 Å². The van der Waals surface area contributed by atoms with Crippen LogP contribution in [-0.4, -0.2) is 16.6 Å². The molecule has 1 heterocycles. The van der Waals surface area contributed by atoms with Gasteiger partial charge in [-0.2, -0.15) is 0 Å². The molecule has 0 fully saturated rings. The van der Waals surface area contributed by atoms with E-state index in [1.54, 1.807) is 18.3 Å². The van der Waals surface area contributed by atoms with E-state index in [1.165, 1.54) is 11.8 Å². The number of hydrogen-bond donors (Lipinski definition) is 2. The molecule has 1 aromatic heterocycles. The summed E-state index contributed by atoms with van der Waals surface area (Å²) in [6, 6.07) is 9.05. The molecule has 110 valence electrons. The van der Waals surface area contributed by atoms with Crippen LogP contribution in [0, 0.1) is 6.92 Å². The molecule has 0 aliphatic heterocycles. The van der Waals surface area contributed by atoms with E-state index in [4.69, 9.17) is 17.3 Å².